The van der Waals surface area contributed by atoms with Crippen LogP contribution < -0.4 is 5.32 Å². The van der Waals surface area contributed by atoms with Gasteiger partial charge in [0.1, 0.15) is 5.82 Å². The molecule has 0 unspecified atom stereocenters. The van der Waals surface area contributed by atoms with E-state index in [-0.39, 0.29) is 23.8 Å². The summed E-state index contributed by atoms with van der Waals surface area (Å²) in [5.41, 5.74) is 1.21. The van der Waals surface area contributed by atoms with Crippen LogP contribution in [-0.2, 0) is 4.79 Å². The molecule has 21 heavy (non-hydrogen) atoms. The summed E-state index contributed by atoms with van der Waals surface area (Å²) in [6.07, 6.45) is 3.36. The van der Waals surface area contributed by atoms with Crippen molar-refractivity contribution in [1.82, 2.24) is 15.3 Å². The summed E-state index contributed by atoms with van der Waals surface area (Å²) >= 11 is 0. The van der Waals surface area contributed by atoms with Gasteiger partial charge < -0.3 is 10.4 Å². The van der Waals surface area contributed by atoms with Gasteiger partial charge in [-0.2, -0.15) is 0 Å². The Morgan fingerprint density at radius 2 is 2.10 bits per heavy atom. The molecule has 6 nitrogen and oxygen atoms in total. The number of hydrogen-bond acceptors (Lipinski definition) is 4. The number of carbonyl (C=O) groups is 2. The maximum atomic E-state index is 12.4. The van der Waals surface area contributed by atoms with Crippen molar-refractivity contribution < 1.29 is 14.7 Å². The maximum Gasteiger partial charge on any atom is 0.306 e. The smallest absolute Gasteiger partial charge is 0.306 e. The maximum absolute atomic E-state index is 12.4. The van der Waals surface area contributed by atoms with Crippen molar-refractivity contribution in [2.75, 3.05) is 0 Å². The van der Waals surface area contributed by atoms with Gasteiger partial charge in [-0.3, -0.25) is 9.59 Å². The Kier molecular flexibility index (Phi) is 4.55. The molecule has 2 rings (SSSR count). The van der Waals surface area contributed by atoms with E-state index in [9.17, 15) is 9.59 Å². The second-order valence-corrected chi connectivity index (χ2v) is 5.89. The first-order valence-electron chi connectivity index (χ1n) is 7.25. The Morgan fingerprint density at radius 1 is 1.38 bits per heavy atom. The Labute approximate surface area is 124 Å². The molecule has 1 aliphatic rings. The quantitative estimate of drug-likeness (QED) is 0.883. The van der Waals surface area contributed by atoms with Crippen molar-refractivity contribution >= 4 is 11.9 Å². The zero-order chi connectivity index (χ0) is 15.6. The van der Waals surface area contributed by atoms with Crippen molar-refractivity contribution in [1.29, 1.82) is 0 Å². The molecule has 1 heterocycles. The standard InChI is InChI=1S/C15H21N3O3/c1-8(2)13-12(7-16-9(3)17-13)14(19)18-11-5-4-10(6-11)15(20)21/h7-8,10-11H,4-6H2,1-3H3,(H,18,19)(H,20,21)/t10-,11+/m1/s1. The van der Waals surface area contributed by atoms with Gasteiger partial charge in [-0.25, -0.2) is 9.97 Å². The van der Waals surface area contributed by atoms with E-state index < -0.39 is 5.97 Å². The van der Waals surface area contributed by atoms with Crippen molar-refractivity contribution in [3.8, 4) is 0 Å². The summed E-state index contributed by atoms with van der Waals surface area (Å²) in [5, 5.41) is 11.9. The molecule has 6 heteroatoms. The van der Waals surface area contributed by atoms with Crippen molar-refractivity contribution in [2.45, 2.75) is 52.0 Å². The number of amides is 1. The van der Waals surface area contributed by atoms with E-state index in [2.05, 4.69) is 15.3 Å². The molecule has 2 atom stereocenters. The van der Waals surface area contributed by atoms with E-state index in [1.165, 1.54) is 0 Å². The molecule has 0 radical (unpaired) electrons. The van der Waals surface area contributed by atoms with Gasteiger partial charge in [0, 0.05) is 12.2 Å². The van der Waals surface area contributed by atoms with Gasteiger partial charge in [-0.1, -0.05) is 13.8 Å². The Hall–Kier alpha value is -1.98. The van der Waals surface area contributed by atoms with E-state index in [1.807, 2.05) is 13.8 Å². The van der Waals surface area contributed by atoms with Gasteiger partial charge in [0.25, 0.3) is 5.91 Å². The highest BCUT2D eigenvalue weighted by Crippen LogP contribution is 2.26. The average Bonchev–Trinajstić information content (AvgIpc) is 2.87. The number of aromatic nitrogens is 2. The van der Waals surface area contributed by atoms with Crippen LogP contribution in [0.25, 0.3) is 0 Å². The minimum Gasteiger partial charge on any atom is -0.481 e. The summed E-state index contributed by atoms with van der Waals surface area (Å²) in [6.45, 7) is 5.76. The third-order valence-electron chi connectivity index (χ3n) is 3.85. The zero-order valence-corrected chi connectivity index (χ0v) is 12.6. The predicted molar refractivity (Wildman–Crippen MR) is 77.1 cm³/mol. The summed E-state index contributed by atoms with van der Waals surface area (Å²) in [7, 11) is 0. The molecule has 0 saturated heterocycles. The molecular formula is C15H21N3O3. The molecule has 1 aromatic rings. The van der Waals surface area contributed by atoms with Crippen LogP contribution in [0.4, 0.5) is 0 Å². The van der Waals surface area contributed by atoms with Crippen LogP contribution in [0.2, 0.25) is 0 Å². The van der Waals surface area contributed by atoms with E-state index in [0.29, 0.717) is 30.7 Å². The van der Waals surface area contributed by atoms with Gasteiger partial charge in [-0.05, 0) is 32.1 Å². The van der Waals surface area contributed by atoms with Crippen LogP contribution in [0.5, 0.6) is 0 Å². The first kappa shape index (κ1) is 15.4. The molecule has 1 aromatic heterocycles. The number of carboxylic acid groups (broad SMARTS) is 1. The second-order valence-electron chi connectivity index (χ2n) is 5.89. The summed E-state index contributed by atoms with van der Waals surface area (Å²) < 4.78 is 0. The Balaban J connectivity index is 2.09. The SMILES string of the molecule is Cc1ncc(C(=O)N[C@H]2CC[C@@H](C(=O)O)C2)c(C(C)C)n1. The third kappa shape index (κ3) is 3.56. The first-order valence-corrected chi connectivity index (χ1v) is 7.25. The topological polar surface area (TPSA) is 92.2 Å². The van der Waals surface area contributed by atoms with E-state index in [4.69, 9.17) is 5.11 Å². The van der Waals surface area contributed by atoms with E-state index in [0.717, 1.165) is 5.69 Å². The summed E-state index contributed by atoms with van der Waals surface area (Å²) in [5.74, 6) is -0.581. The molecule has 0 bridgehead atoms. The largest absolute Gasteiger partial charge is 0.481 e. The molecule has 1 amide bonds. The number of aryl methyl sites for hydroxylation is 1. The number of carboxylic acids is 1. The molecule has 114 valence electrons. The predicted octanol–water partition coefficient (Wildman–Crippen LogP) is 1.89. The number of aliphatic carboxylic acids is 1. The van der Waals surface area contributed by atoms with Crippen LogP contribution >= 0.6 is 0 Å². The fraction of sp³-hybridized carbons (Fsp3) is 0.600. The first-order chi connectivity index (χ1) is 9.88. The van der Waals surface area contributed by atoms with Crippen LogP contribution in [0.3, 0.4) is 0 Å². The molecule has 0 aromatic carbocycles. The minimum atomic E-state index is -0.784. The molecule has 1 saturated carbocycles. The van der Waals surface area contributed by atoms with Crippen molar-refractivity contribution in [3.05, 3.63) is 23.3 Å². The molecule has 1 fully saturated rings. The number of carbonyl (C=O) groups excluding carboxylic acids is 1. The number of hydrogen-bond donors (Lipinski definition) is 2. The lowest BCUT2D eigenvalue weighted by atomic mass is 10.0. The monoisotopic (exact) mass is 291 g/mol. The van der Waals surface area contributed by atoms with Crippen molar-refractivity contribution in [2.24, 2.45) is 5.92 Å². The summed E-state index contributed by atoms with van der Waals surface area (Å²) in [6, 6.07) is -0.0834. The number of nitrogens with one attached hydrogen (secondary N) is 1. The second kappa shape index (κ2) is 6.20. The minimum absolute atomic E-state index is 0.0834. The highest BCUT2D eigenvalue weighted by molar-refractivity contribution is 5.95. The Morgan fingerprint density at radius 3 is 2.67 bits per heavy atom. The van der Waals surface area contributed by atoms with E-state index >= 15 is 0 Å². The van der Waals surface area contributed by atoms with Gasteiger partial charge >= 0.3 is 5.97 Å². The number of rotatable bonds is 4. The highest BCUT2D eigenvalue weighted by atomic mass is 16.4. The molecule has 2 N–H and O–H groups in total. The average molecular weight is 291 g/mol. The van der Waals surface area contributed by atoms with Crippen LogP contribution in [0.1, 0.15) is 60.9 Å². The van der Waals surface area contributed by atoms with Crippen LogP contribution in [-0.4, -0.2) is 33.0 Å². The lowest BCUT2D eigenvalue weighted by molar-refractivity contribution is -0.141. The molecule has 0 aliphatic heterocycles. The van der Waals surface area contributed by atoms with Crippen LogP contribution in [0, 0.1) is 12.8 Å². The van der Waals surface area contributed by atoms with Gasteiger partial charge in [-0.15, -0.1) is 0 Å². The highest BCUT2D eigenvalue weighted by Gasteiger charge is 2.31. The van der Waals surface area contributed by atoms with Gasteiger partial charge in [0.15, 0.2) is 0 Å². The fourth-order valence-electron chi connectivity index (χ4n) is 2.70. The molecule has 1 aliphatic carbocycles. The van der Waals surface area contributed by atoms with Gasteiger partial charge in [0.2, 0.25) is 0 Å². The van der Waals surface area contributed by atoms with Gasteiger partial charge in [0.05, 0.1) is 17.2 Å². The van der Waals surface area contributed by atoms with E-state index in [1.54, 1.807) is 13.1 Å². The molecule has 0 spiro atoms. The third-order valence-corrected chi connectivity index (χ3v) is 3.85. The van der Waals surface area contributed by atoms with Crippen LogP contribution in [0.15, 0.2) is 6.20 Å². The normalized spacial score (nSPS) is 21.5. The lowest BCUT2D eigenvalue weighted by Crippen LogP contribution is -2.34. The number of nitrogens with zero attached hydrogens (tertiary/aromatic N) is 2. The summed E-state index contributed by atoms with van der Waals surface area (Å²) in [4.78, 5) is 31.8. The Bertz CT molecular complexity index is 557. The molecular weight excluding hydrogens is 270 g/mol. The fourth-order valence-corrected chi connectivity index (χ4v) is 2.70. The lowest BCUT2D eigenvalue weighted by Gasteiger charge is -2.15. The van der Waals surface area contributed by atoms with Crippen molar-refractivity contribution in [3.63, 3.8) is 0 Å². The zero-order valence-electron chi connectivity index (χ0n) is 12.6.